The van der Waals surface area contributed by atoms with Crippen LogP contribution in [0.4, 0.5) is 0 Å². The van der Waals surface area contributed by atoms with Crippen molar-refractivity contribution in [3.8, 4) is 11.5 Å². The summed E-state index contributed by atoms with van der Waals surface area (Å²) in [6, 6.07) is 6.40. The third-order valence-corrected chi connectivity index (χ3v) is 8.53. The fourth-order valence-corrected chi connectivity index (χ4v) is 5.69. The zero-order valence-corrected chi connectivity index (χ0v) is 25.3. The topological polar surface area (TPSA) is 77.0 Å². The monoisotopic (exact) mass is 533 g/mol. The van der Waals surface area contributed by atoms with E-state index in [1.165, 1.54) is 12.0 Å². The van der Waals surface area contributed by atoms with Gasteiger partial charge in [-0.05, 0) is 79.4 Å². The van der Waals surface area contributed by atoms with Crippen molar-refractivity contribution in [1.29, 1.82) is 0 Å². The molecule has 1 amide bonds. The number of benzene rings is 1. The lowest BCUT2D eigenvalue weighted by Gasteiger charge is -2.31. The third kappa shape index (κ3) is 10.1. The highest BCUT2D eigenvalue weighted by Crippen LogP contribution is 2.38. The minimum atomic E-state index is -0.485. The molecule has 0 heterocycles. The molecule has 0 spiro atoms. The first kappa shape index (κ1) is 32.4. The van der Waals surface area contributed by atoms with Crippen molar-refractivity contribution in [3.05, 3.63) is 23.8 Å². The van der Waals surface area contributed by atoms with Crippen LogP contribution in [0.5, 0.6) is 11.5 Å². The van der Waals surface area contributed by atoms with E-state index in [9.17, 15) is 9.90 Å². The molecule has 0 unspecified atom stereocenters. The predicted molar refractivity (Wildman–Crippen MR) is 155 cm³/mol. The van der Waals surface area contributed by atoms with Crippen LogP contribution in [0.2, 0.25) is 0 Å². The summed E-state index contributed by atoms with van der Waals surface area (Å²) in [5.41, 5.74) is 1.36. The first-order valence-corrected chi connectivity index (χ1v) is 14.8. The van der Waals surface area contributed by atoms with Gasteiger partial charge in [0.25, 0.3) is 0 Å². The van der Waals surface area contributed by atoms with E-state index in [1.807, 2.05) is 6.07 Å². The van der Waals surface area contributed by atoms with Crippen molar-refractivity contribution >= 4 is 5.91 Å². The molecule has 6 nitrogen and oxygen atoms in total. The molecular weight excluding hydrogens is 478 g/mol. The number of aliphatic hydroxyl groups is 1. The van der Waals surface area contributed by atoms with Crippen LogP contribution in [0, 0.1) is 29.1 Å². The Morgan fingerprint density at radius 2 is 1.82 bits per heavy atom. The molecule has 4 atom stereocenters. The van der Waals surface area contributed by atoms with Crippen LogP contribution >= 0.6 is 0 Å². The number of methoxy groups -OCH3 is 2. The van der Waals surface area contributed by atoms with Gasteiger partial charge in [0.1, 0.15) is 0 Å². The van der Waals surface area contributed by atoms with Crippen molar-refractivity contribution < 1.29 is 24.1 Å². The number of amides is 1. The van der Waals surface area contributed by atoms with Crippen LogP contribution in [-0.2, 0) is 16.0 Å². The Kier molecular flexibility index (Phi) is 13.4. The average Bonchev–Trinajstić information content (AvgIpc) is 3.19. The van der Waals surface area contributed by atoms with Gasteiger partial charge >= 0.3 is 0 Å². The molecule has 0 radical (unpaired) electrons. The zero-order chi connectivity index (χ0) is 28.3. The number of aliphatic hydroxyl groups excluding tert-OH is 1. The Morgan fingerprint density at radius 3 is 2.39 bits per heavy atom. The summed E-state index contributed by atoms with van der Waals surface area (Å²) < 4.78 is 16.6. The first-order chi connectivity index (χ1) is 18.0. The van der Waals surface area contributed by atoms with Gasteiger partial charge in [-0.2, -0.15) is 0 Å². The summed E-state index contributed by atoms with van der Waals surface area (Å²) in [5.74, 6) is 2.53. The van der Waals surface area contributed by atoms with Crippen molar-refractivity contribution in [1.82, 2.24) is 5.32 Å². The van der Waals surface area contributed by atoms with Crippen molar-refractivity contribution in [2.45, 2.75) is 105 Å². The van der Waals surface area contributed by atoms with Crippen LogP contribution in [0.15, 0.2) is 18.2 Å². The number of rotatable bonds is 17. The lowest BCUT2D eigenvalue weighted by atomic mass is 9.82. The number of carbonyl (C=O) groups is 1. The van der Waals surface area contributed by atoms with Gasteiger partial charge in [-0.3, -0.25) is 4.79 Å². The molecule has 1 saturated carbocycles. The van der Waals surface area contributed by atoms with E-state index in [1.54, 1.807) is 14.2 Å². The normalized spacial score (nSPS) is 19.4. The highest BCUT2D eigenvalue weighted by Gasteiger charge is 2.37. The van der Waals surface area contributed by atoms with Crippen LogP contribution in [0.3, 0.4) is 0 Å². The number of ether oxygens (including phenoxy) is 3. The van der Waals surface area contributed by atoms with E-state index >= 15 is 0 Å². The molecule has 6 heteroatoms. The molecule has 38 heavy (non-hydrogen) atoms. The summed E-state index contributed by atoms with van der Waals surface area (Å²) in [4.78, 5) is 13.2. The summed E-state index contributed by atoms with van der Waals surface area (Å²) in [5, 5.41) is 14.3. The van der Waals surface area contributed by atoms with Crippen molar-refractivity contribution in [3.63, 3.8) is 0 Å². The average molecular weight is 534 g/mol. The van der Waals surface area contributed by atoms with E-state index in [0.717, 1.165) is 43.6 Å². The first-order valence-electron chi connectivity index (χ1n) is 14.8. The fourth-order valence-electron chi connectivity index (χ4n) is 5.69. The molecule has 2 rings (SSSR count). The van der Waals surface area contributed by atoms with Gasteiger partial charge in [-0.1, -0.05) is 54.0 Å². The number of hydrogen-bond donors (Lipinski definition) is 2. The molecule has 1 aromatic rings. The van der Waals surface area contributed by atoms with Gasteiger partial charge in [0.2, 0.25) is 5.91 Å². The predicted octanol–water partition coefficient (Wildman–Crippen LogP) is 6.42. The Morgan fingerprint density at radius 1 is 1.08 bits per heavy atom. The van der Waals surface area contributed by atoms with E-state index in [0.29, 0.717) is 37.9 Å². The number of nitrogens with one attached hydrogen (secondary N) is 1. The van der Waals surface area contributed by atoms with Gasteiger partial charge in [-0.15, -0.1) is 0 Å². The maximum Gasteiger partial charge on any atom is 0.223 e. The molecule has 218 valence electrons. The molecule has 1 aliphatic carbocycles. The maximum atomic E-state index is 13.2. The molecule has 1 aliphatic rings. The van der Waals surface area contributed by atoms with E-state index < -0.39 is 6.10 Å². The molecule has 0 bridgehead atoms. The van der Waals surface area contributed by atoms with Gasteiger partial charge < -0.3 is 24.6 Å². The summed E-state index contributed by atoms with van der Waals surface area (Å²) in [7, 11) is 3.35. The lowest BCUT2D eigenvalue weighted by Crippen LogP contribution is -2.45. The molecular formula is C32H55NO5. The molecule has 1 fully saturated rings. The summed E-state index contributed by atoms with van der Waals surface area (Å²) in [6.45, 7) is 14.4. The fraction of sp³-hybridized carbons (Fsp3) is 0.781. The second kappa shape index (κ2) is 15.7. The molecule has 0 saturated heterocycles. The van der Waals surface area contributed by atoms with E-state index in [2.05, 4.69) is 59.0 Å². The largest absolute Gasteiger partial charge is 0.493 e. The minimum Gasteiger partial charge on any atom is -0.493 e. The van der Waals surface area contributed by atoms with Crippen molar-refractivity contribution in [2.24, 2.45) is 29.1 Å². The minimum absolute atomic E-state index is 0.107. The summed E-state index contributed by atoms with van der Waals surface area (Å²) >= 11 is 0. The van der Waals surface area contributed by atoms with Crippen LogP contribution < -0.4 is 14.8 Å². The quantitative estimate of drug-likeness (QED) is 0.226. The van der Waals surface area contributed by atoms with Gasteiger partial charge in [0, 0.05) is 32.1 Å². The van der Waals surface area contributed by atoms with Crippen molar-refractivity contribution in [2.75, 3.05) is 27.4 Å². The standard InChI is InChI=1S/C32H55NO5/c1-22(2)25(19-24-12-15-28(37-8)29(20-24)38-18-10-17-36-7)13-14-26(34)21-27(23(3)4)31(35)33-30-11-9-16-32(30,5)6/h12,15,20,22-23,25-27,30,34H,9-11,13-14,16-19,21H2,1-8H3,(H,33,35)/t25-,26-,27+,30+/m1/s1. The smallest absolute Gasteiger partial charge is 0.223 e. The Bertz CT molecular complexity index is 837. The second-order valence-electron chi connectivity index (χ2n) is 12.6. The van der Waals surface area contributed by atoms with Crippen LogP contribution in [0.25, 0.3) is 0 Å². The Hall–Kier alpha value is -1.79. The van der Waals surface area contributed by atoms with Gasteiger partial charge in [0.15, 0.2) is 11.5 Å². The summed E-state index contributed by atoms with van der Waals surface area (Å²) in [6.07, 6.45) is 6.75. The molecule has 0 aromatic heterocycles. The Balaban J connectivity index is 1.96. The number of carbonyl (C=O) groups excluding carboxylic acids is 1. The van der Waals surface area contributed by atoms with Crippen LogP contribution in [-0.4, -0.2) is 50.6 Å². The number of hydrogen-bond acceptors (Lipinski definition) is 5. The maximum absolute atomic E-state index is 13.2. The van der Waals surface area contributed by atoms with Gasteiger partial charge in [-0.25, -0.2) is 0 Å². The SMILES string of the molecule is COCCCOc1cc(C[C@@H](CC[C@@H](O)C[C@H](C(=O)N[C@H]2CCCC2(C)C)C(C)C)C(C)C)ccc1OC. The van der Waals surface area contributed by atoms with Gasteiger partial charge in [0.05, 0.1) is 19.8 Å². The third-order valence-electron chi connectivity index (χ3n) is 8.53. The van der Waals surface area contributed by atoms with E-state index in [-0.39, 0.29) is 29.2 Å². The highest BCUT2D eigenvalue weighted by atomic mass is 16.5. The molecule has 1 aromatic carbocycles. The molecule has 2 N–H and O–H groups in total. The Labute approximate surface area is 232 Å². The van der Waals surface area contributed by atoms with E-state index in [4.69, 9.17) is 14.2 Å². The highest BCUT2D eigenvalue weighted by molar-refractivity contribution is 5.79. The molecule has 0 aliphatic heterocycles. The lowest BCUT2D eigenvalue weighted by molar-refractivity contribution is -0.129. The second-order valence-corrected chi connectivity index (χ2v) is 12.6. The zero-order valence-electron chi connectivity index (χ0n) is 25.3. The van der Waals surface area contributed by atoms with Crippen LogP contribution in [0.1, 0.15) is 92.1 Å².